The Hall–Kier alpha value is -3.14. The first-order valence-electron chi connectivity index (χ1n) is 10.2. The van der Waals surface area contributed by atoms with Gasteiger partial charge in [0.2, 0.25) is 0 Å². The Labute approximate surface area is 179 Å². The number of hydrogen-bond donors (Lipinski definition) is 2. The monoisotopic (exact) mass is 404 g/mol. The van der Waals surface area contributed by atoms with Crippen molar-refractivity contribution in [3.8, 4) is 23.0 Å². The van der Waals surface area contributed by atoms with Crippen LogP contribution in [0.3, 0.4) is 0 Å². The predicted molar refractivity (Wildman–Crippen MR) is 126 cm³/mol. The molecule has 0 fully saturated rings. The molecule has 0 aliphatic carbocycles. The van der Waals surface area contributed by atoms with Crippen LogP contribution < -0.4 is 20.9 Å². The zero-order valence-corrected chi connectivity index (χ0v) is 18.7. The molecule has 0 saturated heterocycles. The highest BCUT2D eigenvalue weighted by Gasteiger charge is 2.27. The summed E-state index contributed by atoms with van der Waals surface area (Å²) in [4.78, 5) is 0. The van der Waals surface area contributed by atoms with E-state index in [9.17, 15) is 0 Å². The topological polar surface area (TPSA) is 70.5 Å². The van der Waals surface area contributed by atoms with Crippen molar-refractivity contribution in [3.05, 3.63) is 71.8 Å². The largest absolute Gasteiger partial charge is 0.457 e. The smallest absolute Gasteiger partial charge is 0.131 e. The molecule has 158 valence electrons. The van der Waals surface area contributed by atoms with Gasteiger partial charge < -0.3 is 20.9 Å². The Morgan fingerprint density at radius 2 is 0.833 bits per heavy atom. The third-order valence-electron chi connectivity index (χ3n) is 4.91. The summed E-state index contributed by atoms with van der Waals surface area (Å²) in [6.07, 6.45) is 0. The van der Waals surface area contributed by atoms with Crippen molar-refractivity contribution in [2.45, 2.75) is 52.4 Å². The molecule has 4 nitrogen and oxygen atoms in total. The van der Waals surface area contributed by atoms with Crippen LogP contribution in [0.5, 0.6) is 23.0 Å². The molecule has 0 aliphatic rings. The lowest BCUT2D eigenvalue weighted by Gasteiger charge is -2.29. The van der Waals surface area contributed by atoms with Gasteiger partial charge in [-0.1, -0.05) is 41.5 Å². The minimum absolute atomic E-state index is 0.140. The van der Waals surface area contributed by atoms with Crippen LogP contribution in [-0.4, -0.2) is 0 Å². The van der Waals surface area contributed by atoms with Crippen LogP contribution in [0, 0.1) is 0 Å². The third-order valence-corrected chi connectivity index (χ3v) is 4.91. The highest BCUT2D eigenvalue weighted by molar-refractivity contribution is 5.55. The Balaban J connectivity index is 2.12. The molecule has 3 aromatic rings. The SMILES string of the molecule is CC(C)(C)c1cc(Oc2ccc(N)cc2)c(C(C)(C)C)cc1Oc1ccc(N)cc1. The lowest BCUT2D eigenvalue weighted by Crippen LogP contribution is -2.17. The molecule has 0 atom stereocenters. The lowest BCUT2D eigenvalue weighted by atomic mass is 9.81. The zero-order chi connectivity index (χ0) is 22.1. The number of rotatable bonds is 4. The Morgan fingerprint density at radius 3 is 1.10 bits per heavy atom. The Bertz CT molecular complexity index is 924. The molecule has 4 N–H and O–H groups in total. The summed E-state index contributed by atoms with van der Waals surface area (Å²) in [7, 11) is 0. The van der Waals surface area contributed by atoms with Crippen LogP contribution in [0.1, 0.15) is 52.7 Å². The van der Waals surface area contributed by atoms with Gasteiger partial charge in [-0.25, -0.2) is 0 Å². The van der Waals surface area contributed by atoms with E-state index in [1.54, 1.807) is 0 Å². The van der Waals surface area contributed by atoms with E-state index >= 15 is 0 Å². The normalized spacial score (nSPS) is 11.9. The average Bonchev–Trinajstić information content (AvgIpc) is 2.64. The molecular formula is C26H32N2O2. The molecule has 0 bridgehead atoms. The molecule has 3 aromatic carbocycles. The molecule has 0 heterocycles. The first-order chi connectivity index (χ1) is 13.9. The highest BCUT2D eigenvalue weighted by Crippen LogP contribution is 2.44. The molecule has 0 radical (unpaired) electrons. The van der Waals surface area contributed by atoms with Crippen LogP contribution >= 0.6 is 0 Å². The van der Waals surface area contributed by atoms with E-state index in [0.29, 0.717) is 11.4 Å². The van der Waals surface area contributed by atoms with Crippen LogP contribution in [0.15, 0.2) is 60.7 Å². The van der Waals surface area contributed by atoms with Gasteiger partial charge in [0.05, 0.1) is 0 Å². The van der Waals surface area contributed by atoms with Crippen LogP contribution in [-0.2, 0) is 10.8 Å². The van der Waals surface area contributed by atoms with Crippen LogP contribution in [0.25, 0.3) is 0 Å². The van der Waals surface area contributed by atoms with E-state index < -0.39 is 0 Å². The van der Waals surface area contributed by atoms with Crippen molar-refractivity contribution in [1.82, 2.24) is 0 Å². The maximum absolute atomic E-state index is 6.32. The second-order valence-electron chi connectivity index (χ2n) is 9.69. The Kier molecular flexibility index (Phi) is 5.71. The Morgan fingerprint density at radius 1 is 0.533 bits per heavy atom. The summed E-state index contributed by atoms with van der Waals surface area (Å²) in [5.74, 6) is 3.15. The number of anilines is 2. The molecule has 0 saturated carbocycles. The lowest BCUT2D eigenvalue weighted by molar-refractivity contribution is 0.429. The molecule has 0 spiro atoms. The predicted octanol–water partition coefficient (Wildman–Crippen LogP) is 7.03. The van der Waals surface area contributed by atoms with Gasteiger partial charge in [-0.05, 0) is 71.5 Å². The van der Waals surface area contributed by atoms with Crippen molar-refractivity contribution in [2.75, 3.05) is 11.5 Å². The number of nitrogens with two attached hydrogens (primary N) is 2. The van der Waals surface area contributed by atoms with Crippen molar-refractivity contribution >= 4 is 11.4 Å². The van der Waals surface area contributed by atoms with E-state index in [1.807, 2.05) is 48.5 Å². The van der Waals surface area contributed by atoms with E-state index in [2.05, 4.69) is 53.7 Å². The molecule has 0 aliphatic heterocycles. The summed E-state index contributed by atoms with van der Waals surface area (Å²) in [6.45, 7) is 13.0. The van der Waals surface area contributed by atoms with Crippen molar-refractivity contribution in [2.24, 2.45) is 0 Å². The molecule has 0 unspecified atom stereocenters. The number of nitrogen functional groups attached to an aromatic ring is 2. The molecule has 3 rings (SSSR count). The van der Waals surface area contributed by atoms with Crippen molar-refractivity contribution in [3.63, 3.8) is 0 Å². The van der Waals surface area contributed by atoms with Gasteiger partial charge in [0.1, 0.15) is 23.0 Å². The van der Waals surface area contributed by atoms with Gasteiger partial charge in [-0.15, -0.1) is 0 Å². The fourth-order valence-corrected chi connectivity index (χ4v) is 3.23. The molecule has 0 amide bonds. The van der Waals surface area contributed by atoms with Gasteiger partial charge in [0, 0.05) is 22.5 Å². The van der Waals surface area contributed by atoms with Gasteiger partial charge >= 0.3 is 0 Å². The van der Waals surface area contributed by atoms with E-state index in [-0.39, 0.29) is 10.8 Å². The molecular weight excluding hydrogens is 372 g/mol. The fourth-order valence-electron chi connectivity index (χ4n) is 3.23. The molecule has 0 aromatic heterocycles. The maximum atomic E-state index is 6.32. The second kappa shape index (κ2) is 7.94. The standard InChI is InChI=1S/C26H32N2O2/c1-25(2,3)21-15-24(30-20-13-9-18(28)10-14-20)22(26(4,5)6)16-23(21)29-19-11-7-17(27)8-12-19/h7-16H,27-28H2,1-6H3. The number of benzene rings is 3. The van der Waals surface area contributed by atoms with Gasteiger partial charge in [-0.2, -0.15) is 0 Å². The fraction of sp³-hybridized carbons (Fsp3) is 0.308. The summed E-state index contributed by atoms with van der Waals surface area (Å²) in [5.41, 5.74) is 14.9. The quantitative estimate of drug-likeness (QED) is 0.458. The molecule has 4 heteroatoms. The summed E-state index contributed by atoms with van der Waals surface area (Å²) < 4.78 is 12.6. The van der Waals surface area contributed by atoms with Crippen LogP contribution in [0.2, 0.25) is 0 Å². The second-order valence-corrected chi connectivity index (χ2v) is 9.69. The minimum Gasteiger partial charge on any atom is -0.457 e. The molecule has 30 heavy (non-hydrogen) atoms. The summed E-state index contributed by atoms with van der Waals surface area (Å²) in [6, 6.07) is 19.1. The summed E-state index contributed by atoms with van der Waals surface area (Å²) >= 11 is 0. The average molecular weight is 405 g/mol. The first-order valence-corrected chi connectivity index (χ1v) is 10.2. The van der Waals surface area contributed by atoms with Crippen molar-refractivity contribution in [1.29, 1.82) is 0 Å². The van der Waals surface area contributed by atoms with Crippen molar-refractivity contribution < 1.29 is 9.47 Å². The van der Waals surface area contributed by atoms with Gasteiger partial charge in [-0.3, -0.25) is 0 Å². The number of ether oxygens (including phenoxy) is 2. The van der Waals surface area contributed by atoms with E-state index in [0.717, 1.165) is 34.1 Å². The highest BCUT2D eigenvalue weighted by atomic mass is 16.5. The maximum Gasteiger partial charge on any atom is 0.131 e. The van der Waals surface area contributed by atoms with Crippen LogP contribution in [0.4, 0.5) is 11.4 Å². The minimum atomic E-state index is -0.140. The number of hydrogen-bond acceptors (Lipinski definition) is 4. The van der Waals surface area contributed by atoms with E-state index in [1.165, 1.54) is 0 Å². The van der Waals surface area contributed by atoms with E-state index in [4.69, 9.17) is 20.9 Å². The third kappa shape index (κ3) is 5.07. The van der Waals surface area contributed by atoms with Gasteiger partial charge in [0.15, 0.2) is 0 Å². The zero-order valence-electron chi connectivity index (χ0n) is 18.7. The van der Waals surface area contributed by atoms with Gasteiger partial charge in [0.25, 0.3) is 0 Å². The first kappa shape index (κ1) is 21.6. The summed E-state index contributed by atoms with van der Waals surface area (Å²) in [5, 5.41) is 0.